The Kier molecular flexibility index (Phi) is 25.2. The molecular weight excluding hydrogens is 103 g/mol. The highest BCUT2D eigenvalue weighted by Crippen LogP contribution is 1.42. The number of hydrogen-bond donors (Lipinski definition) is 2. The lowest BCUT2D eigenvalue weighted by Gasteiger charge is -1.60. The van der Waals surface area contributed by atoms with Gasteiger partial charge in [0.05, 0.1) is 0 Å². The van der Waals surface area contributed by atoms with Gasteiger partial charge in [0.1, 0.15) is 17.4 Å². The normalized spacial score (nSPS) is 4.00. The molecule has 0 saturated carbocycles. The Balaban J connectivity index is -0.0000000450. The fourth-order valence-electron chi connectivity index (χ4n) is 0. The monoisotopic (exact) mass is 109 g/mol. The van der Waals surface area contributed by atoms with Crippen molar-refractivity contribution < 1.29 is 20.5 Å². The molecule has 0 aliphatic rings. The van der Waals surface area contributed by atoms with E-state index in [1.54, 1.807) is 0 Å². The van der Waals surface area contributed by atoms with Gasteiger partial charge in [0.2, 0.25) is 0 Å². The maximum atomic E-state index is 8.56. The van der Waals surface area contributed by atoms with Gasteiger partial charge in [-0.3, -0.25) is 0 Å². The lowest BCUT2D eigenvalue weighted by Crippen LogP contribution is -1.81. The van der Waals surface area contributed by atoms with Crippen LogP contribution in [0, 0.1) is 0 Å². The highest BCUT2D eigenvalue weighted by atomic mass is 27.0. The van der Waals surface area contributed by atoms with Crippen molar-refractivity contribution in [1.29, 1.82) is 0 Å². The van der Waals surface area contributed by atoms with Crippen LogP contribution >= 0.6 is 0 Å². The number of rotatable bonds is 0. The highest BCUT2D eigenvalue weighted by molar-refractivity contribution is 5.75. The summed E-state index contributed by atoms with van der Waals surface area (Å²) in [5.41, 5.74) is 0. The zero-order valence-corrected chi connectivity index (χ0v) is 5.30. The summed E-state index contributed by atoms with van der Waals surface area (Å²) in [5.74, 6) is 0. The maximum Gasteiger partial charge on any atom is 0.503 e. The van der Waals surface area contributed by atoms with Crippen molar-refractivity contribution in [2.24, 2.45) is 0 Å². The van der Waals surface area contributed by atoms with Crippen LogP contribution in [0.3, 0.4) is 0 Å². The molecule has 0 atom stereocenters. The lowest BCUT2D eigenvalue weighted by molar-refractivity contribution is 0.137. The minimum absolute atomic E-state index is 0. The van der Waals surface area contributed by atoms with E-state index >= 15 is 0 Å². The average molecular weight is 109 g/mol. The molecule has 0 saturated heterocycles. The second-order valence-electron chi connectivity index (χ2n) is 0.283. The number of carboxylic acid groups (broad SMARTS) is 2. The first-order valence-corrected chi connectivity index (χ1v) is 0.651. The zero-order valence-electron chi connectivity index (χ0n) is 3.30. The van der Waals surface area contributed by atoms with Gasteiger partial charge in [0.15, 0.2) is 0 Å². The molecule has 5 heteroatoms. The molecule has 6 heavy (non-hydrogen) atoms. The van der Waals surface area contributed by atoms with Crippen LogP contribution in [0.1, 0.15) is 0 Å². The summed E-state index contributed by atoms with van der Waals surface area (Å²) < 4.78 is 0. The Morgan fingerprint density at radius 3 is 1.33 bits per heavy atom. The molecule has 0 spiro atoms. The summed E-state index contributed by atoms with van der Waals surface area (Å²) >= 11 is 0. The standard InChI is InChI=1S/CH2O3.Al.H2O.2H/c2-1(3)4;;;;/h(H2,2,3,4);;1H2;;. The number of carbonyl (C=O) groups is 1. The zero-order chi connectivity index (χ0) is 3.58. The van der Waals surface area contributed by atoms with E-state index in [-0.39, 0.29) is 22.8 Å². The fourth-order valence-corrected chi connectivity index (χ4v) is 0. The molecule has 0 rings (SSSR count). The summed E-state index contributed by atoms with van der Waals surface area (Å²) in [6.07, 6.45) is -1.83. The van der Waals surface area contributed by atoms with Gasteiger partial charge in [-0.25, -0.2) is 4.79 Å². The molecule has 0 amide bonds. The van der Waals surface area contributed by atoms with Crippen molar-refractivity contribution in [3.05, 3.63) is 0 Å². The van der Waals surface area contributed by atoms with Gasteiger partial charge in [-0.15, -0.1) is 0 Å². The average Bonchev–Trinajstić information content (AvgIpc) is 0.811. The highest BCUT2D eigenvalue weighted by Gasteiger charge is 1.70. The predicted molar refractivity (Wildman–Crippen MR) is 22.8 cm³/mol. The first-order chi connectivity index (χ1) is 1.73. The van der Waals surface area contributed by atoms with E-state index in [0.29, 0.717) is 0 Å². The van der Waals surface area contributed by atoms with Crippen LogP contribution in [0.5, 0.6) is 0 Å². The van der Waals surface area contributed by atoms with Crippen molar-refractivity contribution in [2.75, 3.05) is 0 Å². The third-order valence-electron chi connectivity index (χ3n) is 0. The second-order valence-corrected chi connectivity index (χ2v) is 0.283. The van der Waals surface area contributed by atoms with Crippen LogP contribution in [-0.2, 0) is 0 Å². The Labute approximate surface area is 44.8 Å². The molecule has 0 aromatic carbocycles. The summed E-state index contributed by atoms with van der Waals surface area (Å²) in [6, 6.07) is 0. The van der Waals surface area contributed by atoms with Crippen molar-refractivity contribution >= 4 is 23.5 Å². The van der Waals surface area contributed by atoms with Crippen LogP contribution in [0.2, 0.25) is 0 Å². The SMILES string of the molecule is O.O=C(O)O.[AlH2]. The molecule has 0 heterocycles. The summed E-state index contributed by atoms with van der Waals surface area (Å²) in [5, 5.41) is 13.9. The van der Waals surface area contributed by atoms with Gasteiger partial charge in [-0.2, -0.15) is 0 Å². The Hall–Kier alpha value is -0.238. The predicted octanol–water partition coefficient (Wildman–Crippen LogP) is -1.52. The molecule has 37 valence electrons. The van der Waals surface area contributed by atoms with Crippen molar-refractivity contribution in [3.63, 3.8) is 0 Å². The van der Waals surface area contributed by atoms with Gasteiger partial charge in [-0.05, 0) is 0 Å². The summed E-state index contributed by atoms with van der Waals surface area (Å²) in [4.78, 5) is 8.56. The molecule has 4 nitrogen and oxygen atoms in total. The van der Waals surface area contributed by atoms with E-state index in [9.17, 15) is 0 Å². The van der Waals surface area contributed by atoms with Crippen molar-refractivity contribution in [3.8, 4) is 0 Å². The number of hydrogen-bond acceptors (Lipinski definition) is 1. The van der Waals surface area contributed by atoms with Gasteiger partial charge in [0, 0.05) is 0 Å². The minimum atomic E-state index is -1.83. The molecule has 1 radical (unpaired) electrons. The lowest BCUT2D eigenvalue weighted by atomic mass is 11.5. The molecule has 0 aromatic heterocycles. The van der Waals surface area contributed by atoms with E-state index in [0.717, 1.165) is 0 Å². The quantitative estimate of drug-likeness (QED) is 0.370. The van der Waals surface area contributed by atoms with Crippen LogP contribution in [-0.4, -0.2) is 39.2 Å². The Bertz CT molecular complexity index is 30.5. The first kappa shape index (κ1) is 17.1. The fraction of sp³-hybridized carbons (Fsp3) is 0. The molecule has 0 aliphatic heterocycles. The van der Waals surface area contributed by atoms with Crippen LogP contribution < -0.4 is 0 Å². The van der Waals surface area contributed by atoms with Gasteiger partial charge in [-0.1, -0.05) is 0 Å². The van der Waals surface area contributed by atoms with E-state index in [2.05, 4.69) is 0 Å². The van der Waals surface area contributed by atoms with E-state index in [1.807, 2.05) is 0 Å². The third-order valence-corrected chi connectivity index (χ3v) is 0. The topological polar surface area (TPSA) is 89.0 Å². The first-order valence-electron chi connectivity index (χ1n) is 0.651. The Morgan fingerprint density at radius 2 is 1.33 bits per heavy atom. The molecule has 0 fully saturated rings. The molecule has 0 bridgehead atoms. The molecule has 0 aliphatic carbocycles. The van der Waals surface area contributed by atoms with E-state index < -0.39 is 6.16 Å². The van der Waals surface area contributed by atoms with E-state index in [4.69, 9.17) is 15.0 Å². The summed E-state index contributed by atoms with van der Waals surface area (Å²) in [6.45, 7) is 0. The van der Waals surface area contributed by atoms with Crippen molar-refractivity contribution in [2.45, 2.75) is 0 Å². The molecule has 0 unspecified atom stereocenters. The van der Waals surface area contributed by atoms with Crippen LogP contribution in [0.25, 0.3) is 0 Å². The molecular formula is CH6AlO4. The minimum Gasteiger partial charge on any atom is -0.450 e. The van der Waals surface area contributed by atoms with E-state index in [1.165, 1.54) is 0 Å². The van der Waals surface area contributed by atoms with Crippen LogP contribution in [0.4, 0.5) is 4.79 Å². The largest absolute Gasteiger partial charge is 0.503 e. The second kappa shape index (κ2) is 8.83. The van der Waals surface area contributed by atoms with Crippen molar-refractivity contribution in [1.82, 2.24) is 0 Å². The van der Waals surface area contributed by atoms with Gasteiger partial charge in [0.25, 0.3) is 0 Å². The third kappa shape index (κ3) is 509. The summed E-state index contributed by atoms with van der Waals surface area (Å²) in [7, 11) is 0. The smallest absolute Gasteiger partial charge is 0.450 e. The molecule has 0 aromatic rings. The van der Waals surface area contributed by atoms with Crippen LogP contribution in [0.15, 0.2) is 0 Å². The van der Waals surface area contributed by atoms with Gasteiger partial charge >= 0.3 is 6.16 Å². The maximum absolute atomic E-state index is 8.56. The molecule has 4 N–H and O–H groups in total. The Morgan fingerprint density at radius 1 is 1.33 bits per heavy atom. The van der Waals surface area contributed by atoms with Gasteiger partial charge < -0.3 is 15.7 Å².